The summed E-state index contributed by atoms with van der Waals surface area (Å²) in [6.07, 6.45) is 5.04. The molecule has 1 aliphatic heterocycles. The van der Waals surface area contributed by atoms with Crippen LogP contribution in [0.15, 0.2) is 5.38 Å². The molecule has 1 atom stereocenters. The van der Waals surface area contributed by atoms with E-state index in [4.69, 9.17) is 9.47 Å². The molecule has 0 aliphatic carbocycles. The van der Waals surface area contributed by atoms with E-state index in [1.54, 1.807) is 18.4 Å². The number of thiazole rings is 1. The molecule has 2 rings (SSSR count). The molecule has 1 fully saturated rings. The van der Waals surface area contributed by atoms with Crippen molar-refractivity contribution >= 4 is 11.3 Å². The summed E-state index contributed by atoms with van der Waals surface area (Å²) in [6, 6.07) is 0. The van der Waals surface area contributed by atoms with Gasteiger partial charge in [-0.3, -0.25) is 0 Å². The number of ether oxygens (including phenoxy) is 2. The molecule has 0 bridgehead atoms. The molecular formula is C11H17NO2S. The standard InChI is InChI=1S/C11H17NO2S/c1-13-7-9-8-15-11(12-9)6-10-4-2-3-5-14-10/h8,10H,2-7H2,1H3. The third kappa shape index (κ3) is 3.26. The summed E-state index contributed by atoms with van der Waals surface area (Å²) in [5.74, 6) is 0. The van der Waals surface area contributed by atoms with E-state index in [0.717, 1.165) is 18.7 Å². The zero-order valence-corrected chi connectivity index (χ0v) is 9.89. The van der Waals surface area contributed by atoms with Crippen LogP contribution >= 0.6 is 11.3 Å². The van der Waals surface area contributed by atoms with Crippen molar-refractivity contribution in [2.45, 2.75) is 38.4 Å². The van der Waals surface area contributed by atoms with Gasteiger partial charge in [-0.2, -0.15) is 0 Å². The Morgan fingerprint density at radius 3 is 3.27 bits per heavy atom. The van der Waals surface area contributed by atoms with E-state index < -0.39 is 0 Å². The summed E-state index contributed by atoms with van der Waals surface area (Å²) in [5, 5.41) is 3.25. The highest BCUT2D eigenvalue weighted by Gasteiger charge is 2.16. The van der Waals surface area contributed by atoms with Crippen molar-refractivity contribution in [1.29, 1.82) is 0 Å². The molecule has 0 amide bonds. The molecular weight excluding hydrogens is 210 g/mol. The molecule has 0 radical (unpaired) electrons. The monoisotopic (exact) mass is 227 g/mol. The summed E-state index contributed by atoms with van der Waals surface area (Å²) < 4.78 is 10.7. The van der Waals surface area contributed by atoms with Gasteiger partial charge >= 0.3 is 0 Å². The molecule has 15 heavy (non-hydrogen) atoms. The number of hydrogen-bond donors (Lipinski definition) is 0. The SMILES string of the molecule is COCc1csc(CC2CCCCO2)n1. The summed E-state index contributed by atoms with van der Waals surface area (Å²) in [7, 11) is 1.70. The zero-order valence-electron chi connectivity index (χ0n) is 9.07. The summed E-state index contributed by atoms with van der Waals surface area (Å²) in [4.78, 5) is 4.51. The van der Waals surface area contributed by atoms with Crippen molar-refractivity contribution in [2.24, 2.45) is 0 Å². The maximum Gasteiger partial charge on any atom is 0.0955 e. The molecule has 1 aliphatic rings. The first-order chi connectivity index (χ1) is 7.38. The van der Waals surface area contributed by atoms with Crippen molar-refractivity contribution in [1.82, 2.24) is 4.98 Å². The lowest BCUT2D eigenvalue weighted by molar-refractivity contribution is 0.0167. The Morgan fingerprint density at radius 2 is 2.53 bits per heavy atom. The Labute approximate surface area is 94.4 Å². The number of rotatable bonds is 4. The summed E-state index contributed by atoms with van der Waals surface area (Å²) in [5.41, 5.74) is 1.04. The number of methoxy groups -OCH3 is 1. The van der Waals surface area contributed by atoms with Crippen molar-refractivity contribution < 1.29 is 9.47 Å². The molecule has 4 heteroatoms. The Hall–Kier alpha value is -0.450. The Balaban J connectivity index is 1.86. The van der Waals surface area contributed by atoms with E-state index in [2.05, 4.69) is 10.4 Å². The number of hydrogen-bond acceptors (Lipinski definition) is 4. The lowest BCUT2D eigenvalue weighted by atomic mass is 10.1. The molecule has 0 saturated carbocycles. The molecule has 1 aromatic rings. The average Bonchev–Trinajstić information content (AvgIpc) is 2.68. The minimum Gasteiger partial charge on any atom is -0.378 e. The molecule has 1 aromatic heterocycles. The van der Waals surface area contributed by atoms with Gasteiger partial charge in [0.1, 0.15) is 0 Å². The highest BCUT2D eigenvalue weighted by molar-refractivity contribution is 7.09. The predicted octanol–water partition coefficient (Wildman–Crippen LogP) is 2.40. The molecule has 2 heterocycles. The maximum atomic E-state index is 5.69. The summed E-state index contributed by atoms with van der Waals surface area (Å²) >= 11 is 1.71. The van der Waals surface area contributed by atoms with Crippen LogP contribution in [0.25, 0.3) is 0 Å². The van der Waals surface area contributed by atoms with Crippen LogP contribution in [-0.4, -0.2) is 24.8 Å². The minimum atomic E-state index is 0.389. The highest BCUT2D eigenvalue weighted by Crippen LogP contribution is 2.19. The second-order valence-electron chi connectivity index (χ2n) is 3.86. The van der Waals surface area contributed by atoms with Gasteiger partial charge < -0.3 is 9.47 Å². The van der Waals surface area contributed by atoms with Gasteiger partial charge in [-0.25, -0.2) is 4.98 Å². The number of nitrogens with zero attached hydrogens (tertiary/aromatic N) is 1. The Kier molecular flexibility index (Phi) is 4.11. The normalized spacial score (nSPS) is 21.8. The maximum absolute atomic E-state index is 5.69. The molecule has 0 spiro atoms. The van der Waals surface area contributed by atoms with Crippen LogP contribution < -0.4 is 0 Å². The van der Waals surface area contributed by atoms with Crippen LogP contribution in [0.2, 0.25) is 0 Å². The first-order valence-corrected chi connectivity index (χ1v) is 6.30. The lowest BCUT2D eigenvalue weighted by Crippen LogP contribution is -2.21. The van der Waals surface area contributed by atoms with Crippen molar-refractivity contribution in [2.75, 3.05) is 13.7 Å². The van der Waals surface area contributed by atoms with Crippen molar-refractivity contribution in [3.05, 3.63) is 16.1 Å². The van der Waals surface area contributed by atoms with E-state index in [-0.39, 0.29) is 0 Å². The van der Waals surface area contributed by atoms with Gasteiger partial charge in [0.05, 0.1) is 23.4 Å². The predicted molar refractivity (Wildman–Crippen MR) is 60.1 cm³/mol. The fourth-order valence-corrected chi connectivity index (χ4v) is 2.66. The quantitative estimate of drug-likeness (QED) is 0.791. The third-order valence-corrected chi connectivity index (χ3v) is 3.49. The Morgan fingerprint density at radius 1 is 1.60 bits per heavy atom. The minimum absolute atomic E-state index is 0.389. The van der Waals surface area contributed by atoms with Gasteiger partial charge in [-0.1, -0.05) is 0 Å². The summed E-state index contributed by atoms with van der Waals surface area (Å²) in [6.45, 7) is 1.53. The topological polar surface area (TPSA) is 31.4 Å². The van der Waals surface area contributed by atoms with Crippen LogP contribution in [-0.2, 0) is 22.5 Å². The van der Waals surface area contributed by atoms with E-state index >= 15 is 0 Å². The van der Waals surface area contributed by atoms with Crippen LogP contribution in [0, 0.1) is 0 Å². The van der Waals surface area contributed by atoms with Crippen LogP contribution in [0.3, 0.4) is 0 Å². The fraction of sp³-hybridized carbons (Fsp3) is 0.727. The smallest absolute Gasteiger partial charge is 0.0955 e. The molecule has 0 aromatic carbocycles. The average molecular weight is 227 g/mol. The molecule has 1 unspecified atom stereocenters. The molecule has 1 saturated heterocycles. The van der Waals surface area contributed by atoms with Gasteiger partial charge in [0, 0.05) is 25.5 Å². The van der Waals surface area contributed by atoms with Gasteiger partial charge in [-0.05, 0) is 19.3 Å². The van der Waals surface area contributed by atoms with Crippen molar-refractivity contribution in [3.8, 4) is 0 Å². The molecule has 3 nitrogen and oxygen atoms in total. The lowest BCUT2D eigenvalue weighted by Gasteiger charge is -2.21. The fourth-order valence-electron chi connectivity index (χ4n) is 1.82. The third-order valence-electron chi connectivity index (χ3n) is 2.57. The molecule has 84 valence electrons. The second kappa shape index (κ2) is 5.58. The van der Waals surface area contributed by atoms with E-state index in [0.29, 0.717) is 12.7 Å². The highest BCUT2D eigenvalue weighted by atomic mass is 32.1. The largest absolute Gasteiger partial charge is 0.378 e. The van der Waals surface area contributed by atoms with Crippen molar-refractivity contribution in [3.63, 3.8) is 0 Å². The van der Waals surface area contributed by atoms with Gasteiger partial charge in [0.25, 0.3) is 0 Å². The zero-order chi connectivity index (χ0) is 10.5. The van der Waals surface area contributed by atoms with Gasteiger partial charge in [0.15, 0.2) is 0 Å². The van der Waals surface area contributed by atoms with Gasteiger partial charge in [0.2, 0.25) is 0 Å². The second-order valence-corrected chi connectivity index (χ2v) is 4.80. The van der Waals surface area contributed by atoms with E-state index in [1.165, 1.54) is 24.3 Å². The van der Waals surface area contributed by atoms with E-state index in [1.807, 2.05) is 0 Å². The van der Waals surface area contributed by atoms with Gasteiger partial charge in [-0.15, -0.1) is 11.3 Å². The van der Waals surface area contributed by atoms with Crippen LogP contribution in [0.5, 0.6) is 0 Å². The van der Waals surface area contributed by atoms with Crippen LogP contribution in [0.4, 0.5) is 0 Å². The van der Waals surface area contributed by atoms with Crippen LogP contribution in [0.1, 0.15) is 30.0 Å². The molecule has 0 N–H and O–H groups in total. The number of aromatic nitrogens is 1. The first-order valence-electron chi connectivity index (χ1n) is 5.42. The first kappa shape index (κ1) is 11.0. The van der Waals surface area contributed by atoms with E-state index in [9.17, 15) is 0 Å². The Bertz CT molecular complexity index is 295.